The van der Waals surface area contributed by atoms with Crippen molar-refractivity contribution >= 4 is 17.2 Å². The van der Waals surface area contributed by atoms with Gasteiger partial charge in [0, 0.05) is 13.2 Å². The van der Waals surface area contributed by atoms with Crippen LogP contribution in [0, 0.1) is 0 Å². The second kappa shape index (κ2) is 6.23. The monoisotopic (exact) mass is 276 g/mol. The van der Waals surface area contributed by atoms with E-state index in [9.17, 15) is 0 Å². The number of nitrogens with one attached hydrogen (secondary N) is 1. The molecule has 0 saturated carbocycles. The summed E-state index contributed by atoms with van der Waals surface area (Å²) < 4.78 is 7.25. The number of aromatic nitrogens is 4. The molecule has 0 aliphatic rings. The first kappa shape index (κ1) is 14.1. The summed E-state index contributed by atoms with van der Waals surface area (Å²) in [7, 11) is 1.88. The second-order valence-corrected chi connectivity index (χ2v) is 4.43. The zero-order valence-corrected chi connectivity index (χ0v) is 12.1. The van der Waals surface area contributed by atoms with Crippen molar-refractivity contribution in [2.75, 3.05) is 17.7 Å². The van der Waals surface area contributed by atoms with Gasteiger partial charge in [-0.15, -0.1) is 0 Å². The van der Waals surface area contributed by atoms with E-state index in [1.807, 2.05) is 27.1 Å². The third-order valence-electron chi connectivity index (χ3n) is 2.78. The van der Waals surface area contributed by atoms with Crippen molar-refractivity contribution in [2.24, 2.45) is 7.05 Å². The summed E-state index contributed by atoms with van der Waals surface area (Å²) in [5, 5.41) is 7.56. The van der Waals surface area contributed by atoms with Crippen molar-refractivity contribution in [3.63, 3.8) is 0 Å². The summed E-state index contributed by atoms with van der Waals surface area (Å²) in [6.45, 7) is 4.65. The predicted octanol–water partition coefficient (Wildman–Crippen LogP) is 1.89. The van der Waals surface area contributed by atoms with Gasteiger partial charge in [-0.1, -0.05) is 13.8 Å². The summed E-state index contributed by atoms with van der Waals surface area (Å²) in [6.07, 6.45) is 5.06. The highest BCUT2D eigenvalue weighted by Crippen LogP contribution is 2.28. The average molecular weight is 276 g/mol. The van der Waals surface area contributed by atoms with E-state index >= 15 is 0 Å². The number of aryl methyl sites for hydroxylation is 2. The maximum absolute atomic E-state index is 6.03. The molecule has 108 valence electrons. The lowest BCUT2D eigenvalue weighted by Gasteiger charge is -2.11. The number of nitrogens with two attached hydrogens (primary N) is 1. The van der Waals surface area contributed by atoms with Gasteiger partial charge in [0.1, 0.15) is 12.0 Å². The Morgan fingerprint density at radius 1 is 1.35 bits per heavy atom. The molecule has 2 rings (SSSR count). The Hall–Kier alpha value is -2.31. The fourth-order valence-corrected chi connectivity index (χ4v) is 1.82. The van der Waals surface area contributed by atoms with Crippen LogP contribution in [-0.4, -0.2) is 26.4 Å². The van der Waals surface area contributed by atoms with Crippen LogP contribution in [0.1, 0.15) is 26.0 Å². The molecular formula is C13H20N6O. The molecule has 2 aromatic heterocycles. The molecular weight excluding hydrogens is 256 g/mol. The van der Waals surface area contributed by atoms with E-state index in [4.69, 9.17) is 10.5 Å². The molecule has 2 heterocycles. The van der Waals surface area contributed by atoms with Crippen LogP contribution in [-0.2, 0) is 13.5 Å². The van der Waals surface area contributed by atoms with Crippen LogP contribution >= 0.6 is 0 Å². The van der Waals surface area contributed by atoms with Gasteiger partial charge >= 0.3 is 0 Å². The quantitative estimate of drug-likeness (QED) is 0.837. The Bertz CT molecular complexity index is 580. The first-order valence-electron chi connectivity index (χ1n) is 6.68. The Morgan fingerprint density at radius 2 is 2.15 bits per heavy atom. The van der Waals surface area contributed by atoms with Gasteiger partial charge in [-0.2, -0.15) is 10.1 Å². The Kier molecular flexibility index (Phi) is 4.39. The van der Waals surface area contributed by atoms with Crippen molar-refractivity contribution in [3.05, 3.63) is 18.2 Å². The van der Waals surface area contributed by atoms with Gasteiger partial charge in [0.25, 0.3) is 0 Å². The highest BCUT2D eigenvalue weighted by Gasteiger charge is 2.12. The molecule has 0 saturated heterocycles. The summed E-state index contributed by atoms with van der Waals surface area (Å²) in [5.74, 6) is 0.945. The number of nitrogen functional groups attached to an aromatic ring is 1. The third-order valence-corrected chi connectivity index (χ3v) is 2.78. The summed E-state index contributed by atoms with van der Waals surface area (Å²) in [5.41, 5.74) is 8.29. The number of hydrogen-bond donors (Lipinski definition) is 2. The Labute approximate surface area is 118 Å². The molecule has 7 heteroatoms. The van der Waals surface area contributed by atoms with Gasteiger partial charge in [0.05, 0.1) is 18.0 Å². The van der Waals surface area contributed by atoms with Gasteiger partial charge in [-0.25, -0.2) is 4.98 Å². The first-order chi connectivity index (χ1) is 9.65. The van der Waals surface area contributed by atoms with Gasteiger partial charge in [0.15, 0.2) is 5.82 Å². The fourth-order valence-electron chi connectivity index (χ4n) is 1.82. The lowest BCUT2D eigenvalue weighted by molar-refractivity contribution is 0.307. The molecule has 0 amide bonds. The minimum atomic E-state index is 0.409. The van der Waals surface area contributed by atoms with Crippen LogP contribution in [0.25, 0.3) is 0 Å². The second-order valence-electron chi connectivity index (χ2n) is 4.43. The maximum Gasteiger partial charge on any atom is 0.242 e. The molecule has 0 spiro atoms. The number of rotatable bonds is 6. The molecule has 0 bridgehead atoms. The van der Waals surface area contributed by atoms with Crippen LogP contribution in [0.4, 0.5) is 17.2 Å². The molecule has 0 radical (unpaired) electrons. The molecule has 0 atom stereocenters. The Balaban J connectivity index is 2.24. The van der Waals surface area contributed by atoms with E-state index in [1.54, 1.807) is 4.68 Å². The highest BCUT2D eigenvalue weighted by atomic mass is 16.5. The van der Waals surface area contributed by atoms with Crippen LogP contribution < -0.4 is 15.8 Å². The number of anilines is 3. The Morgan fingerprint density at radius 3 is 2.85 bits per heavy atom. The van der Waals surface area contributed by atoms with E-state index in [1.165, 1.54) is 6.33 Å². The van der Waals surface area contributed by atoms with Crippen molar-refractivity contribution in [3.8, 4) is 5.88 Å². The lowest BCUT2D eigenvalue weighted by Crippen LogP contribution is -2.06. The smallest absolute Gasteiger partial charge is 0.242 e. The van der Waals surface area contributed by atoms with Gasteiger partial charge in [-0.05, 0) is 12.8 Å². The summed E-state index contributed by atoms with van der Waals surface area (Å²) in [4.78, 5) is 8.21. The molecule has 0 aromatic carbocycles. The van der Waals surface area contributed by atoms with Crippen molar-refractivity contribution in [2.45, 2.75) is 26.7 Å². The maximum atomic E-state index is 6.03. The molecule has 0 unspecified atom stereocenters. The molecule has 0 aliphatic carbocycles. The molecule has 2 aromatic rings. The van der Waals surface area contributed by atoms with E-state index in [0.717, 1.165) is 24.2 Å². The van der Waals surface area contributed by atoms with E-state index < -0.39 is 0 Å². The minimum Gasteiger partial charge on any atom is -0.476 e. The van der Waals surface area contributed by atoms with Crippen LogP contribution in [0.5, 0.6) is 5.88 Å². The van der Waals surface area contributed by atoms with Gasteiger partial charge in [0.2, 0.25) is 5.88 Å². The van der Waals surface area contributed by atoms with Gasteiger partial charge < -0.3 is 15.8 Å². The third kappa shape index (κ3) is 2.98. The highest BCUT2D eigenvalue weighted by molar-refractivity contribution is 5.72. The topological polar surface area (TPSA) is 90.9 Å². The molecule has 7 nitrogen and oxygen atoms in total. The van der Waals surface area contributed by atoms with Crippen molar-refractivity contribution in [1.82, 2.24) is 19.7 Å². The van der Waals surface area contributed by atoms with Crippen LogP contribution in [0.15, 0.2) is 12.5 Å². The largest absolute Gasteiger partial charge is 0.476 e. The molecule has 0 fully saturated rings. The van der Waals surface area contributed by atoms with Crippen LogP contribution in [0.3, 0.4) is 0 Å². The number of nitrogens with zero attached hydrogens (tertiary/aromatic N) is 4. The predicted molar refractivity (Wildman–Crippen MR) is 78.1 cm³/mol. The summed E-state index contributed by atoms with van der Waals surface area (Å²) in [6, 6.07) is 0. The normalized spacial score (nSPS) is 10.6. The van der Waals surface area contributed by atoms with Crippen molar-refractivity contribution < 1.29 is 4.74 Å². The van der Waals surface area contributed by atoms with Crippen LogP contribution in [0.2, 0.25) is 0 Å². The average Bonchev–Trinajstić information content (AvgIpc) is 2.80. The SMILES string of the molecule is CCCOc1ncnc(Nc2cn(C)nc2CC)c1N. The zero-order chi connectivity index (χ0) is 14.5. The van der Waals surface area contributed by atoms with E-state index in [-0.39, 0.29) is 0 Å². The fraction of sp³-hybridized carbons (Fsp3) is 0.462. The van der Waals surface area contributed by atoms with E-state index in [0.29, 0.717) is 24.0 Å². The molecule has 3 N–H and O–H groups in total. The van der Waals surface area contributed by atoms with E-state index in [2.05, 4.69) is 20.4 Å². The summed E-state index contributed by atoms with van der Waals surface area (Å²) >= 11 is 0. The first-order valence-corrected chi connectivity index (χ1v) is 6.68. The number of ether oxygens (including phenoxy) is 1. The zero-order valence-electron chi connectivity index (χ0n) is 12.1. The lowest BCUT2D eigenvalue weighted by atomic mass is 10.3. The van der Waals surface area contributed by atoms with Crippen molar-refractivity contribution in [1.29, 1.82) is 0 Å². The molecule has 0 aliphatic heterocycles. The molecule has 20 heavy (non-hydrogen) atoms. The number of hydrogen-bond acceptors (Lipinski definition) is 6. The van der Waals surface area contributed by atoms with Gasteiger partial charge in [-0.3, -0.25) is 4.68 Å². The minimum absolute atomic E-state index is 0.409. The standard InChI is InChI=1S/C13H20N6O/c1-4-6-20-13-11(14)12(15-8-16-13)17-10-7-19(3)18-9(10)5-2/h7-8H,4-6,14H2,1-3H3,(H,15,16,17).